The van der Waals surface area contributed by atoms with Gasteiger partial charge in [-0.1, -0.05) is 24.3 Å². The Bertz CT molecular complexity index is 2220. The van der Waals surface area contributed by atoms with Gasteiger partial charge in [0.05, 0.1) is 43.3 Å². The quantitative estimate of drug-likeness (QED) is 0.148. The van der Waals surface area contributed by atoms with Crippen LogP contribution in [0.2, 0.25) is 0 Å². The highest BCUT2D eigenvalue weighted by Gasteiger charge is 2.32. The fourth-order valence-corrected chi connectivity index (χ4v) is 7.05. The van der Waals surface area contributed by atoms with Gasteiger partial charge in [-0.3, -0.25) is 14.3 Å². The number of methoxy groups -OCH3 is 2. The molecule has 1 aliphatic carbocycles. The smallest absolute Gasteiger partial charge is 0.416 e. The number of aromatic nitrogens is 4. The fourth-order valence-electron chi connectivity index (χ4n) is 7.05. The van der Waals surface area contributed by atoms with Crippen LogP contribution in [0.25, 0.3) is 28.2 Å². The SMILES string of the molecule is COc1ccc(CNc2ncc3c4c2c(-c2ccc(C(=O)Nc5cc(C(F)(F)F)ccn5)cc2)nn4[C@@H]2CCC[C@H](C2)NC(=O)COCC/C=C/3)c(OC)c1. The van der Waals surface area contributed by atoms with E-state index < -0.39 is 17.6 Å². The standard InChI is InChI=1S/C40H40F3N7O5/c1-53-31-14-13-26(32(20-31)54-2)21-45-38-35-36(24-9-11-25(12-10-24)39(52)48-33-18-28(15-16-44-33)40(41,42)43)49-50-30-8-5-7-29(19-30)47-34(51)23-55-17-4-3-6-27(22-46-38)37(35)50/h3,6,9-16,18,20,22,29-30H,4-5,7-8,17,19,21,23H2,1-2H3,(H,45,46)(H,47,51)(H,44,48,52)/b6-3+/t29-,30-/m1/s1. The largest absolute Gasteiger partial charge is 0.497 e. The van der Waals surface area contributed by atoms with Crippen molar-refractivity contribution in [3.63, 3.8) is 0 Å². The van der Waals surface area contributed by atoms with Gasteiger partial charge < -0.3 is 30.2 Å². The van der Waals surface area contributed by atoms with E-state index in [-0.39, 0.29) is 36.0 Å². The first-order valence-corrected chi connectivity index (χ1v) is 18.0. The van der Waals surface area contributed by atoms with Crippen molar-refractivity contribution in [1.29, 1.82) is 0 Å². The zero-order valence-corrected chi connectivity index (χ0v) is 30.3. The third-order valence-corrected chi connectivity index (χ3v) is 9.76. The second kappa shape index (κ2) is 16.2. The van der Waals surface area contributed by atoms with Gasteiger partial charge in [-0.25, -0.2) is 9.97 Å². The van der Waals surface area contributed by atoms with E-state index in [1.165, 1.54) is 0 Å². The van der Waals surface area contributed by atoms with Crippen LogP contribution < -0.4 is 25.4 Å². The minimum atomic E-state index is -4.58. The van der Waals surface area contributed by atoms with Crippen molar-refractivity contribution in [3.05, 3.63) is 95.3 Å². The molecule has 2 aliphatic rings. The molecular formula is C40H40F3N7O5. The Morgan fingerprint density at radius 2 is 1.89 bits per heavy atom. The predicted molar refractivity (Wildman–Crippen MR) is 201 cm³/mol. The highest BCUT2D eigenvalue weighted by Crippen LogP contribution is 2.40. The number of pyridine rings is 2. The van der Waals surface area contributed by atoms with Crippen molar-refractivity contribution in [3.8, 4) is 22.8 Å². The van der Waals surface area contributed by atoms with E-state index in [9.17, 15) is 22.8 Å². The molecule has 15 heteroatoms. The van der Waals surface area contributed by atoms with E-state index in [2.05, 4.69) is 20.9 Å². The number of rotatable bonds is 8. The van der Waals surface area contributed by atoms with Gasteiger partial charge in [0.2, 0.25) is 5.91 Å². The van der Waals surface area contributed by atoms with Crippen molar-refractivity contribution in [2.24, 2.45) is 0 Å². The Morgan fingerprint density at radius 3 is 2.67 bits per heavy atom. The molecular weight excluding hydrogens is 715 g/mol. The van der Waals surface area contributed by atoms with Gasteiger partial charge in [0, 0.05) is 53.3 Å². The fraction of sp³-hybridized carbons (Fsp3) is 0.325. The summed E-state index contributed by atoms with van der Waals surface area (Å²) in [7, 11) is 3.19. The number of carbonyl (C=O) groups is 2. The van der Waals surface area contributed by atoms with Crippen LogP contribution in [0.1, 0.15) is 65.2 Å². The zero-order valence-electron chi connectivity index (χ0n) is 30.3. The number of nitrogens with zero attached hydrogens (tertiary/aromatic N) is 4. The number of fused-ring (bicyclic) bond motifs is 3. The van der Waals surface area contributed by atoms with E-state index in [1.807, 2.05) is 41.2 Å². The first-order chi connectivity index (χ1) is 26.6. The molecule has 3 aromatic heterocycles. The monoisotopic (exact) mass is 755 g/mol. The van der Waals surface area contributed by atoms with Gasteiger partial charge in [0.1, 0.15) is 35.4 Å². The van der Waals surface area contributed by atoms with Crippen molar-refractivity contribution < 1.29 is 37.0 Å². The van der Waals surface area contributed by atoms with Gasteiger partial charge >= 0.3 is 6.18 Å². The molecule has 2 aromatic carbocycles. The molecule has 3 N–H and O–H groups in total. The molecule has 1 aliphatic heterocycles. The first kappa shape index (κ1) is 37.4. The molecule has 0 spiro atoms. The van der Waals surface area contributed by atoms with Gasteiger partial charge in [0.15, 0.2) is 0 Å². The molecule has 2 amide bonds. The number of ether oxygens (including phenoxy) is 3. The van der Waals surface area contributed by atoms with Crippen LogP contribution in [-0.2, 0) is 22.3 Å². The van der Waals surface area contributed by atoms with E-state index in [4.69, 9.17) is 24.3 Å². The molecule has 5 aromatic rings. The summed E-state index contributed by atoms with van der Waals surface area (Å²) >= 11 is 0. The number of alkyl halides is 3. The van der Waals surface area contributed by atoms with Crippen LogP contribution in [-0.4, -0.2) is 65.0 Å². The second-order valence-corrected chi connectivity index (χ2v) is 13.4. The highest BCUT2D eigenvalue weighted by molar-refractivity contribution is 6.06. The maximum atomic E-state index is 13.3. The molecule has 1 fully saturated rings. The predicted octanol–water partition coefficient (Wildman–Crippen LogP) is 7.43. The summed E-state index contributed by atoms with van der Waals surface area (Å²) in [5, 5.41) is 15.1. The molecule has 2 atom stereocenters. The molecule has 0 radical (unpaired) electrons. The number of hydrogen-bond donors (Lipinski definition) is 3. The molecule has 7 rings (SSSR count). The molecule has 0 unspecified atom stereocenters. The second-order valence-electron chi connectivity index (χ2n) is 13.4. The topological polar surface area (TPSA) is 142 Å². The third kappa shape index (κ3) is 8.41. The number of carbonyl (C=O) groups excluding carboxylic acids is 2. The van der Waals surface area contributed by atoms with Gasteiger partial charge in [0.25, 0.3) is 5.91 Å². The van der Waals surface area contributed by atoms with Gasteiger partial charge in [-0.15, -0.1) is 0 Å². The summed E-state index contributed by atoms with van der Waals surface area (Å²) in [4.78, 5) is 34.6. The normalized spacial score (nSPS) is 18.2. The summed E-state index contributed by atoms with van der Waals surface area (Å²) in [5.41, 5.74) is 3.21. The first-order valence-electron chi connectivity index (χ1n) is 18.0. The molecule has 12 nitrogen and oxygen atoms in total. The zero-order chi connectivity index (χ0) is 38.5. The lowest BCUT2D eigenvalue weighted by Gasteiger charge is -2.30. The summed E-state index contributed by atoms with van der Waals surface area (Å²) in [6.45, 7) is 0.750. The molecule has 0 saturated heterocycles. The molecule has 4 heterocycles. The number of halogens is 3. The Balaban J connectivity index is 1.30. The Labute approximate surface area is 315 Å². The van der Waals surface area contributed by atoms with Crippen LogP contribution in [0, 0.1) is 0 Å². The molecule has 286 valence electrons. The summed E-state index contributed by atoms with van der Waals surface area (Å²) in [5.74, 6) is 0.913. The molecule has 1 saturated carbocycles. The van der Waals surface area contributed by atoms with E-state index in [1.54, 1.807) is 38.5 Å². The van der Waals surface area contributed by atoms with Gasteiger partial charge in [-0.05, 0) is 68.5 Å². The summed E-state index contributed by atoms with van der Waals surface area (Å²) in [6, 6.07) is 13.8. The lowest BCUT2D eigenvalue weighted by molar-refractivity contribution is -0.137. The van der Waals surface area contributed by atoms with Gasteiger partial charge in [-0.2, -0.15) is 18.3 Å². The number of hydrogen-bond acceptors (Lipinski definition) is 9. The molecule has 2 bridgehead atoms. The minimum absolute atomic E-state index is 0.00178. The number of anilines is 2. The lowest BCUT2D eigenvalue weighted by Crippen LogP contribution is -2.40. The third-order valence-electron chi connectivity index (χ3n) is 9.76. The maximum Gasteiger partial charge on any atom is 0.416 e. The van der Waals surface area contributed by atoms with Crippen LogP contribution in [0.5, 0.6) is 11.5 Å². The van der Waals surface area contributed by atoms with Crippen molar-refractivity contribution in [2.45, 2.75) is 56.9 Å². The van der Waals surface area contributed by atoms with E-state index in [0.29, 0.717) is 54.6 Å². The average molecular weight is 756 g/mol. The Hall–Kier alpha value is -5.96. The van der Waals surface area contributed by atoms with Crippen LogP contribution >= 0.6 is 0 Å². The molecule has 55 heavy (non-hydrogen) atoms. The Morgan fingerprint density at radius 1 is 1.05 bits per heavy atom. The Kier molecular flexibility index (Phi) is 11.0. The highest BCUT2D eigenvalue weighted by atomic mass is 19.4. The number of amides is 2. The average Bonchev–Trinajstić information content (AvgIpc) is 3.60. The van der Waals surface area contributed by atoms with Crippen molar-refractivity contribution >= 4 is 40.4 Å². The van der Waals surface area contributed by atoms with Crippen LogP contribution in [0.15, 0.2) is 73.1 Å². The van der Waals surface area contributed by atoms with Crippen LogP contribution in [0.3, 0.4) is 0 Å². The minimum Gasteiger partial charge on any atom is -0.497 e. The lowest BCUT2D eigenvalue weighted by atomic mass is 9.90. The van der Waals surface area contributed by atoms with E-state index in [0.717, 1.165) is 59.6 Å². The number of nitrogens with one attached hydrogen (secondary N) is 3. The summed E-state index contributed by atoms with van der Waals surface area (Å²) < 4.78 is 58.5. The van der Waals surface area contributed by atoms with Crippen molar-refractivity contribution in [2.75, 3.05) is 38.1 Å². The maximum absolute atomic E-state index is 13.3. The number of benzene rings is 2. The van der Waals surface area contributed by atoms with E-state index >= 15 is 0 Å². The van der Waals surface area contributed by atoms with Crippen LogP contribution in [0.4, 0.5) is 24.8 Å². The van der Waals surface area contributed by atoms with Crippen molar-refractivity contribution in [1.82, 2.24) is 25.1 Å². The summed E-state index contributed by atoms with van der Waals surface area (Å²) in [6.07, 6.45) is 6.06.